The zero-order valence-corrected chi connectivity index (χ0v) is 7.69. The van der Waals surface area contributed by atoms with E-state index in [-0.39, 0.29) is 0 Å². The summed E-state index contributed by atoms with van der Waals surface area (Å²) in [4.78, 5) is 0. The first-order chi connectivity index (χ1) is 5.31. The molecule has 0 aromatic rings. The molecule has 0 radical (unpaired) electrons. The Kier molecular flexibility index (Phi) is 14.1. The normalized spacial score (nSPS) is 7.45. The zero-order chi connectivity index (χ0) is 9.11. The van der Waals surface area contributed by atoms with Gasteiger partial charge in [0.25, 0.3) is 0 Å². The molecule has 0 spiro atoms. The van der Waals surface area contributed by atoms with Gasteiger partial charge in [0.15, 0.2) is 0 Å². The van der Waals surface area contributed by atoms with E-state index in [9.17, 15) is 0 Å². The highest BCUT2D eigenvalue weighted by Gasteiger charge is 1.88. The maximum Gasteiger partial charge on any atom is 0.0134 e. The summed E-state index contributed by atoms with van der Waals surface area (Å²) in [6.07, 6.45) is 7.87. The largest absolute Gasteiger partial charge is 0.327 e. The van der Waals surface area contributed by atoms with Crippen molar-refractivity contribution in [1.82, 2.24) is 0 Å². The van der Waals surface area contributed by atoms with Gasteiger partial charge in [-0.15, -0.1) is 12.3 Å². The standard InChI is InChI=1S/C8H13N.C2H6/c1-3-4-5-6-8(2)7-9;1-2/h1H,2,4-7,9H2;1-2H3. The molecule has 0 amide bonds. The molecular formula is C10H19N. The van der Waals surface area contributed by atoms with Crippen LogP contribution in [-0.4, -0.2) is 6.54 Å². The van der Waals surface area contributed by atoms with E-state index in [4.69, 9.17) is 12.2 Å². The fourth-order valence-electron chi connectivity index (χ4n) is 0.543. The van der Waals surface area contributed by atoms with Crippen molar-refractivity contribution in [2.45, 2.75) is 33.1 Å². The van der Waals surface area contributed by atoms with E-state index < -0.39 is 0 Å². The van der Waals surface area contributed by atoms with E-state index >= 15 is 0 Å². The Morgan fingerprint density at radius 1 is 1.55 bits per heavy atom. The molecule has 0 heterocycles. The summed E-state index contributed by atoms with van der Waals surface area (Å²) in [5, 5.41) is 0. The van der Waals surface area contributed by atoms with Crippen LogP contribution >= 0.6 is 0 Å². The number of hydrogen-bond donors (Lipinski definition) is 1. The first-order valence-electron chi connectivity index (χ1n) is 4.11. The maximum absolute atomic E-state index is 5.30. The quantitative estimate of drug-likeness (QED) is 0.374. The van der Waals surface area contributed by atoms with Crippen molar-refractivity contribution in [2.75, 3.05) is 6.54 Å². The molecule has 0 fully saturated rings. The predicted octanol–water partition coefficient (Wildman–Crippen LogP) is 2.33. The Morgan fingerprint density at radius 3 is 2.45 bits per heavy atom. The van der Waals surface area contributed by atoms with E-state index in [1.807, 2.05) is 13.8 Å². The van der Waals surface area contributed by atoms with Gasteiger partial charge in [-0.05, 0) is 12.8 Å². The van der Waals surface area contributed by atoms with Gasteiger partial charge in [0, 0.05) is 13.0 Å². The van der Waals surface area contributed by atoms with Crippen LogP contribution in [0.2, 0.25) is 0 Å². The van der Waals surface area contributed by atoms with Crippen LogP contribution in [0, 0.1) is 12.3 Å². The first-order valence-corrected chi connectivity index (χ1v) is 4.11. The van der Waals surface area contributed by atoms with Gasteiger partial charge in [-0.2, -0.15) is 0 Å². The Bertz CT molecular complexity index is 119. The maximum atomic E-state index is 5.30. The minimum absolute atomic E-state index is 0.588. The third kappa shape index (κ3) is 12.5. The molecule has 0 aliphatic rings. The molecule has 0 bridgehead atoms. The number of nitrogens with two attached hydrogens (primary N) is 1. The van der Waals surface area contributed by atoms with Gasteiger partial charge >= 0.3 is 0 Å². The van der Waals surface area contributed by atoms with E-state index in [0.717, 1.165) is 24.8 Å². The van der Waals surface area contributed by atoms with Gasteiger partial charge in [-0.25, -0.2) is 0 Å². The van der Waals surface area contributed by atoms with Gasteiger partial charge in [0.2, 0.25) is 0 Å². The van der Waals surface area contributed by atoms with Crippen LogP contribution in [0.15, 0.2) is 12.2 Å². The van der Waals surface area contributed by atoms with Crippen molar-refractivity contribution in [3.8, 4) is 12.3 Å². The summed E-state index contributed by atoms with van der Waals surface area (Å²) in [6.45, 7) is 8.34. The fourth-order valence-corrected chi connectivity index (χ4v) is 0.543. The van der Waals surface area contributed by atoms with Crippen molar-refractivity contribution < 1.29 is 0 Å². The predicted molar refractivity (Wildman–Crippen MR) is 52.2 cm³/mol. The van der Waals surface area contributed by atoms with Crippen molar-refractivity contribution in [1.29, 1.82) is 0 Å². The van der Waals surface area contributed by atoms with Gasteiger partial charge in [-0.3, -0.25) is 0 Å². The fraction of sp³-hybridized carbons (Fsp3) is 0.600. The van der Waals surface area contributed by atoms with Crippen LogP contribution in [0.25, 0.3) is 0 Å². The smallest absolute Gasteiger partial charge is 0.0134 e. The van der Waals surface area contributed by atoms with Crippen molar-refractivity contribution in [3.05, 3.63) is 12.2 Å². The first kappa shape index (κ1) is 12.9. The minimum Gasteiger partial charge on any atom is -0.327 e. The molecule has 1 heteroatoms. The summed E-state index contributed by atoms with van der Waals surface area (Å²) in [6, 6.07) is 0. The number of hydrogen-bond acceptors (Lipinski definition) is 1. The lowest BCUT2D eigenvalue weighted by Gasteiger charge is -1.97. The van der Waals surface area contributed by atoms with E-state index in [1.165, 1.54) is 0 Å². The highest BCUT2D eigenvalue weighted by molar-refractivity contribution is 4.96. The van der Waals surface area contributed by atoms with E-state index in [1.54, 1.807) is 0 Å². The summed E-state index contributed by atoms with van der Waals surface area (Å²) in [7, 11) is 0. The van der Waals surface area contributed by atoms with Crippen LogP contribution < -0.4 is 5.73 Å². The van der Waals surface area contributed by atoms with Crippen LogP contribution in [0.5, 0.6) is 0 Å². The lowest BCUT2D eigenvalue weighted by Crippen LogP contribution is -2.01. The molecule has 0 aromatic heterocycles. The molecule has 0 aliphatic heterocycles. The molecular weight excluding hydrogens is 134 g/mol. The molecule has 11 heavy (non-hydrogen) atoms. The summed E-state index contributed by atoms with van der Waals surface area (Å²) >= 11 is 0. The SMILES string of the molecule is C#CCCCC(=C)CN.CC. The highest BCUT2D eigenvalue weighted by Crippen LogP contribution is 2.01. The second-order valence-corrected chi connectivity index (χ2v) is 2.01. The molecule has 2 N–H and O–H groups in total. The molecule has 0 atom stereocenters. The van der Waals surface area contributed by atoms with Crippen LogP contribution in [0.4, 0.5) is 0 Å². The minimum atomic E-state index is 0.588. The van der Waals surface area contributed by atoms with Crippen molar-refractivity contribution in [3.63, 3.8) is 0 Å². The van der Waals surface area contributed by atoms with Gasteiger partial charge in [-0.1, -0.05) is 26.0 Å². The van der Waals surface area contributed by atoms with Crippen molar-refractivity contribution >= 4 is 0 Å². The molecule has 1 nitrogen and oxygen atoms in total. The van der Waals surface area contributed by atoms with Gasteiger partial charge in [0.05, 0.1) is 0 Å². The summed E-state index contributed by atoms with van der Waals surface area (Å²) < 4.78 is 0. The Balaban J connectivity index is 0. The molecule has 0 saturated carbocycles. The third-order valence-electron chi connectivity index (χ3n) is 1.14. The molecule has 0 saturated heterocycles. The molecule has 64 valence electrons. The van der Waals surface area contributed by atoms with Crippen LogP contribution in [0.1, 0.15) is 33.1 Å². The topological polar surface area (TPSA) is 26.0 Å². The third-order valence-corrected chi connectivity index (χ3v) is 1.14. The Hall–Kier alpha value is -0.740. The monoisotopic (exact) mass is 153 g/mol. The molecule has 0 aliphatic carbocycles. The molecule has 0 unspecified atom stereocenters. The number of rotatable bonds is 4. The Labute approximate surface area is 70.7 Å². The van der Waals surface area contributed by atoms with Gasteiger partial charge < -0.3 is 5.73 Å². The van der Waals surface area contributed by atoms with Gasteiger partial charge in [0.1, 0.15) is 0 Å². The average molecular weight is 153 g/mol. The van der Waals surface area contributed by atoms with Crippen LogP contribution in [-0.2, 0) is 0 Å². The van der Waals surface area contributed by atoms with E-state index in [0.29, 0.717) is 6.54 Å². The number of unbranched alkanes of at least 4 members (excludes halogenated alkanes) is 1. The second kappa shape index (κ2) is 12.0. The van der Waals surface area contributed by atoms with Crippen molar-refractivity contribution in [2.24, 2.45) is 5.73 Å². The molecule has 0 aromatic carbocycles. The summed E-state index contributed by atoms with van der Waals surface area (Å²) in [5.74, 6) is 2.57. The number of terminal acetylenes is 1. The zero-order valence-electron chi connectivity index (χ0n) is 7.69. The Morgan fingerprint density at radius 2 is 2.09 bits per heavy atom. The lowest BCUT2D eigenvalue weighted by molar-refractivity contribution is 0.829. The lowest BCUT2D eigenvalue weighted by atomic mass is 10.1. The highest BCUT2D eigenvalue weighted by atomic mass is 14.5. The molecule has 0 rings (SSSR count). The average Bonchev–Trinajstić information content (AvgIpc) is 2.08. The van der Waals surface area contributed by atoms with Crippen LogP contribution in [0.3, 0.4) is 0 Å². The second-order valence-electron chi connectivity index (χ2n) is 2.01. The summed E-state index contributed by atoms with van der Waals surface area (Å²) in [5.41, 5.74) is 6.39. The van der Waals surface area contributed by atoms with E-state index in [2.05, 4.69) is 12.5 Å².